The summed E-state index contributed by atoms with van der Waals surface area (Å²) in [6.45, 7) is 1.46. The van der Waals surface area contributed by atoms with Gasteiger partial charge in [-0.25, -0.2) is 0 Å². The highest BCUT2D eigenvalue weighted by atomic mass is 16.3. The Kier molecular flexibility index (Phi) is 2.95. The summed E-state index contributed by atoms with van der Waals surface area (Å²) in [5.74, 6) is -0.0254. The molecule has 2 rings (SSSR count). The molecule has 0 aliphatic carbocycles. The number of carbonyl (C=O) groups is 1. The van der Waals surface area contributed by atoms with Crippen LogP contribution < -0.4 is 5.56 Å². The fourth-order valence-electron chi connectivity index (χ4n) is 1.80. The highest BCUT2D eigenvalue weighted by Crippen LogP contribution is 2.25. The summed E-state index contributed by atoms with van der Waals surface area (Å²) in [6.07, 6.45) is 0.524. The molecule has 4 heteroatoms. The third-order valence-electron chi connectivity index (χ3n) is 2.72. The monoisotopic (exact) mass is 231 g/mol. The SMILES string of the molecule is CC(=O)CCc1c(O)c2ccccc2[nH]c1=O. The van der Waals surface area contributed by atoms with Crippen molar-refractivity contribution in [3.63, 3.8) is 0 Å². The van der Waals surface area contributed by atoms with E-state index in [1.165, 1.54) is 6.92 Å². The Morgan fingerprint density at radius 3 is 2.76 bits per heavy atom. The van der Waals surface area contributed by atoms with Crippen molar-refractivity contribution in [1.29, 1.82) is 0 Å². The molecule has 2 aromatic rings. The number of para-hydroxylation sites is 1. The lowest BCUT2D eigenvalue weighted by Crippen LogP contribution is -2.13. The first-order chi connectivity index (χ1) is 8.09. The first-order valence-electron chi connectivity index (χ1n) is 5.42. The van der Waals surface area contributed by atoms with Gasteiger partial charge in [0.05, 0.1) is 11.1 Å². The Labute approximate surface area is 97.9 Å². The number of aromatic amines is 1. The van der Waals surface area contributed by atoms with Gasteiger partial charge in [-0.05, 0) is 25.5 Å². The van der Waals surface area contributed by atoms with E-state index in [-0.39, 0.29) is 35.5 Å². The van der Waals surface area contributed by atoms with Crippen molar-refractivity contribution in [2.45, 2.75) is 19.8 Å². The van der Waals surface area contributed by atoms with Crippen molar-refractivity contribution in [2.24, 2.45) is 0 Å². The molecule has 0 unspecified atom stereocenters. The summed E-state index contributed by atoms with van der Waals surface area (Å²) in [4.78, 5) is 25.3. The maximum Gasteiger partial charge on any atom is 0.255 e. The zero-order valence-electron chi connectivity index (χ0n) is 9.49. The quantitative estimate of drug-likeness (QED) is 0.845. The van der Waals surface area contributed by atoms with E-state index < -0.39 is 0 Å². The molecule has 0 saturated heterocycles. The molecule has 0 aliphatic heterocycles. The van der Waals surface area contributed by atoms with Crippen LogP contribution in [0.1, 0.15) is 18.9 Å². The summed E-state index contributed by atoms with van der Waals surface area (Å²) in [5, 5.41) is 10.6. The van der Waals surface area contributed by atoms with Gasteiger partial charge in [-0.2, -0.15) is 0 Å². The Bertz CT molecular complexity index is 628. The van der Waals surface area contributed by atoms with Crippen molar-refractivity contribution in [1.82, 2.24) is 4.98 Å². The third-order valence-corrected chi connectivity index (χ3v) is 2.72. The standard InChI is InChI=1S/C13H13NO3/c1-8(15)6-7-10-12(16)9-4-2-3-5-11(9)14-13(10)17/h2-5H,6-7H2,1H3,(H2,14,16,17). The van der Waals surface area contributed by atoms with Gasteiger partial charge in [-0.3, -0.25) is 4.79 Å². The van der Waals surface area contributed by atoms with E-state index in [4.69, 9.17) is 0 Å². The molecule has 0 amide bonds. The molecule has 0 spiro atoms. The first-order valence-corrected chi connectivity index (χ1v) is 5.42. The molecule has 0 fully saturated rings. The fourth-order valence-corrected chi connectivity index (χ4v) is 1.80. The zero-order chi connectivity index (χ0) is 12.4. The van der Waals surface area contributed by atoms with Gasteiger partial charge < -0.3 is 14.9 Å². The highest BCUT2D eigenvalue weighted by molar-refractivity contribution is 5.85. The van der Waals surface area contributed by atoms with Gasteiger partial charge in [0.25, 0.3) is 5.56 Å². The fraction of sp³-hybridized carbons (Fsp3) is 0.231. The minimum atomic E-state index is -0.331. The number of Topliss-reactive ketones (excluding diaryl/α,β-unsaturated/α-hetero) is 1. The molecule has 2 N–H and O–H groups in total. The van der Waals surface area contributed by atoms with E-state index in [9.17, 15) is 14.7 Å². The van der Waals surface area contributed by atoms with E-state index in [2.05, 4.69) is 4.98 Å². The minimum Gasteiger partial charge on any atom is -0.507 e. The number of aromatic nitrogens is 1. The van der Waals surface area contributed by atoms with Gasteiger partial charge in [0.15, 0.2) is 0 Å². The van der Waals surface area contributed by atoms with E-state index in [0.29, 0.717) is 10.9 Å². The molecule has 88 valence electrons. The van der Waals surface area contributed by atoms with Gasteiger partial charge in [0.2, 0.25) is 0 Å². The van der Waals surface area contributed by atoms with Crippen LogP contribution in [0.2, 0.25) is 0 Å². The number of hydrogen-bond donors (Lipinski definition) is 2. The van der Waals surface area contributed by atoms with Crippen molar-refractivity contribution in [3.05, 3.63) is 40.2 Å². The van der Waals surface area contributed by atoms with Crippen LogP contribution in [0.25, 0.3) is 10.9 Å². The Balaban J connectivity index is 2.56. The highest BCUT2D eigenvalue weighted by Gasteiger charge is 2.11. The number of rotatable bonds is 3. The summed E-state index contributed by atoms with van der Waals surface area (Å²) in [5.41, 5.74) is 0.544. The van der Waals surface area contributed by atoms with Gasteiger partial charge in [0.1, 0.15) is 11.5 Å². The van der Waals surface area contributed by atoms with Gasteiger partial charge >= 0.3 is 0 Å². The smallest absolute Gasteiger partial charge is 0.255 e. The van der Waals surface area contributed by atoms with E-state index >= 15 is 0 Å². The Morgan fingerprint density at radius 2 is 2.06 bits per heavy atom. The second-order valence-corrected chi connectivity index (χ2v) is 4.03. The lowest BCUT2D eigenvalue weighted by molar-refractivity contribution is -0.116. The average Bonchev–Trinajstić information content (AvgIpc) is 2.28. The largest absolute Gasteiger partial charge is 0.507 e. The number of benzene rings is 1. The lowest BCUT2D eigenvalue weighted by atomic mass is 10.1. The van der Waals surface area contributed by atoms with Crippen molar-refractivity contribution >= 4 is 16.7 Å². The van der Waals surface area contributed by atoms with Gasteiger partial charge in [-0.15, -0.1) is 0 Å². The summed E-state index contributed by atoms with van der Waals surface area (Å²) < 4.78 is 0. The first kappa shape index (κ1) is 11.4. The summed E-state index contributed by atoms with van der Waals surface area (Å²) in [6, 6.07) is 7.03. The molecule has 4 nitrogen and oxygen atoms in total. The number of hydrogen-bond acceptors (Lipinski definition) is 3. The lowest BCUT2D eigenvalue weighted by Gasteiger charge is -2.06. The normalized spacial score (nSPS) is 10.6. The Hall–Kier alpha value is -2.10. The van der Waals surface area contributed by atoms with Crippen molar-refractivity contribution < 1.29 is 9.90 Å². The molecular formula is C13H13NO3. The number of carbonyl (C=O) groups excluding carboxylic acids is 1. The number of aromatic hydroxyl groups is 1. The van der Waals surface area contributed by atoms with E-state index in [1.807, 2.05) is 0 Å². The predicted molar refractivity (Wildman–Crippen MR) is 65.2 cm³/mol. The number of H-pyrrole nitrogens is 1. The van der Waals surface area contributed by atoms with Gasteiger partial charge in [0, 0.05) is 11.8 Å². The molecule has 0 atom stereocenters. The van der Waals surface area contributed by atoms with Crippen LogP contribution in [0.4, 0.5) is 0 Å². The van der Waals surface area contributed by atoms with Crippen LogP contribution in [0.15, 0.2) is 29.1 Å². The van der Waals surface area contributed by atoms with E-state index in [1.54, 1.807) is 24.3 Å². The molecule has 17 heavy (non-hydrogen) atoms. The third kappa shape index (κ3) is 2.20. The summed E-state index contributed by atoms with van der Waals surface area (Å²) >= 11 is 0. The molecule has 0 saturated carbocycles. The zero-order valence-corrected chi connectivity index (χ0v) is 9.49. The van der Waals surface area contributed by atoms with Crippen molar-refractivity contribution in [3.8, 4) is 5.75 Å². The molecule has 1 aromatic heterocycles. The number of ketones is 1. The van der Waals surface area contributed by atoms with Crippen LogP contribution >= 0.6 is 0 Å². The van der Waals surface area contributed by atoms with E-state index in [0.717, 1.165) is 0 Å². The number of pyridine rings is 1. The molecule has 1 heterocycles. The second-order valence-electron chi connectivity index (χ2n) is 4.03. The molecular weight excluding hydrogens is 218 g/mol. The van der Waals surface area contributed by atoms with Crippen LogP contribution in [0.3, 0.4) is 0 Å². The van der Waals surface area contributed by atoms with Crippen molar-refractivity contribution in [2.75, 3.05) is 0 Å². The topological polar surface area (TPSA) is 70.2 Å². The maximum absolute atomic E-state index is 11.7. The molecule has 0 radical (unpaired) electrons. The van der Waals surface area contributed by atoms with Crippen LogP contribution in [-0.2, 0) is 11.2 Å². The predicted octanol–water partition coefficient (Wildman–Crippen LogP) is 1.76. The second kappa shape index (κ2) is 4.41. The molecule has 0 bridgehead atoms. The average molecular weight is 231 g/mol. The number of fused-ring (bicyclic) bond motifs is 1. The minimum absolute atomic E-state index is 0.00282. The van der Waals surface area contributed by atoms with Gasteiger partial charge in [-0.1, -0.05) is 12.1 Å². The molecule has 0 aliphatic rings. The van der Waals surface area contributed by atoms with Crippen LogP contribution in [0, 0.1) is 0 Å². The number of nitrogens with one attached hydrogen (secondary N) is 1. The van der Waals surface area contributed by atoms with Crippen LogP contribution in [-0.4, -0.2) is 15.9 Å². The van der Waals surface area contributed by atoms with Crippen LogP contribution in [0.5, 0.6) is 5.75 Å². The summed E-state index contributed by atoms with van der Waals surface area (Å²) in [7, 11) is 0. The maximum atomic E-state index is 11.7. The molecule has 1 aromatic carbocycles. The Morgan fingerprint density at radius 1 is 1.35 bits per heavy atom.